The van der Waals surface area contributed by atoms with E-state index >= 15 is 0 Å². The number of hydrogen-bond acceptors (Lipinski definition) is 2. The summed E-state index contributed by atoms with van der Waals surface area (Å²) < 4.78 is 5.69. The van der Waals surface area contributed by atoms with Crippen LogP contribution >= 0.6 is 0 Å². The Morgan fingerprint density at radius 3 is 2.60 bits per heavy atom. The first-order valence-corrected chi connectivity index (χ1v) is 5.85. The van der Waals surface area contributed by atoms with Crippen molar-refractivity contribution >= 4 is 0 Å². The Labute approximate surface area is 91.6 Å². The van der Waals surface area contributed by atoms with Crippen molar-refractivity contribution in [3.8, 4) is 5.75 Å². The molecule has 1 aliphatic rings. The molecule has 1 N–H and O–H groups in total. The van der Waals surface area contributed by atoms with E-state index in [1.165, 1.54) is 18.4 Å². The van der Waals surface area contributed by atoms with Crippen LogP contribution in [0.3, 0.4) is 0 Å². The molecule has 0 saturated heterocycles. The molecule has 1 fully saturated rings. The van der Waals surface area contributed by atoms with Gasteiger partial charge < -0.3 is 10.1 Å². The van der Waals surface area contributed by atoms with Crippen molar-refractivity contribution in [3.63, 3.8) is 0 Å². The highest BCUT2D eigenvalue weighted by Gasteiger charge is 2.23. The predicted molar refractivity (Wildman–Crippen MR) is 62.3 cm³/mol. The van der Waals surface area contributed by atoms with Crippen LogP contribution in [0.1, 0.15) is 25.3 Å². The lowest BCUT2D eigenvalue weighted by Crippen LogP contribution is -2.15. The van der Waals surface area contributed by atoms with Gasteiger partial charge in [0.05, 0.1) is 6.10 Å². The first kappa shape index (κ1) is 10.5. The summed E-state index contributed by atoms with van der Waals surface area (Å²) in [6.45, 7) is 4.23. The van der Waals surface area contributed by atoms with E-state index in [4.69, 9.17) is 4.74 Å². The summed E-state index contributed by atoms with van der Waals surface area (Å²) in [5.74, 6) is 1.02. The quantitative estimate of drug-likeness (QED) is 0.720. The highest BCUT2D eigenvalue weighted by atomic mass is 16.5. The average Bonchev–Trinajstić information content (AvgIpc) is 3.05. The highest BCUT2D eigenvalue weighted by molar-refractivity contribution is 5.28. The SMILES string of the molecule is CCNCCc1ccc(OC2CC2)cc1. The lowest BCUT2D eigenvalue weighted by atomic mass is 10.1. The smallest absolute Gasteiger partial charge is 0.119 e. The average molecular weight is 205 g/mol. The summed E-state index contributed by atoms with van der Waals surface area (Å²) in [5, 5.41) is 3.32. The van der Waals surface area contributed by atoms with Crippen LogP contribution in [0.15, 0.2) is 24.3 Å². The minimum Gasteiger partial charge on any atom is -0.490 e. The molecule has 0 aliphatic heterocycles. The molecule has 2 heteroatoms. The van der Waals surface area contributed by atoms with Gasteiger partial charge in [0.1, 0.15) is 5.75 Å². The molecular formula is C13H19NO. The largest absolute Gasteiger partial charge is 0.490 e. The Morgan fingerprint density at radius 1 is 1.27 bits per heavy atom. The molecule has 0 heterocycles. The summed E-state index contributed by atoms with van der Waals surface area (Å²) in [5.41, 5.74) is 1.37. The third kappa shape index (κ3) is 3.56. The Kier molecular flexibility index (Phi) is 3.62. The summed E-state index contributed by atoms with van der Waals surface area (Å²) >= 11 is 0. The van der Waals surface area contributed by atoms with E-state index < -0.39 is 0 Å². The lowest BCUT2D eigenvalue weighted by Gasteiger charge is -2.06. The van der Waals surface area contributed by atoms with Gasteiger partial charge in [0, 0.05) is 0 Å². The molecule has 82 valence electrons. The normalized spacial score (nSPS) is 15.3. The number of benzene rings is 1. The molecule has 1 aliphatic carbocycles. The maximum atomic E-state index is 5.69. The summed E-state index contributed by atoms with van der Waals surface area (Å²) in [6, 6.07) is 8.49. The first-order chi connectivity index (χ1) is 7.38. The molecule has 0 aromatic heterocycles. The Morgan fingerprint density at radius 2 is 2.00 bits per heavy atom. The van der Waals surface area contributed by atoms with Crippen LogP contribution in [-0.4, -0.2) is 19.2 Å². The summed E-state index contributed by atoms with van der Waals surface area (Å²) in [4.78, 5) is 0. The fourth-order valence-electron chi connectivity index (χ4n) is 1.52. The van der Waals surface area contributed by atoms with Crippen molar-refractivity contribution in [2.45, 2.75) is 32.3 Å². The van der Waals surface area contributed by atoms with Crippen molar-refractivity contribution in [1.29, 1.82) is 0 Å². The molecule has 0 bridgehead atoms. The molecular weight excluding hydrogens is 186 g/mol. The van der Waals surface area contributed by atoms with E-state index in [2.05, 4.69) is 36.5 Å². The maximum Gasteiger partial charge on any atom is 0.119 e. The molecule has 0 amide bonds. The molecule has 0 atom stereocenters. The number of ether oxygens (including phenoxy) is 1. The number of likely N-dealkylation sites (N-methyl/N-ethyl adjacent to an activating group) is 1. The topological polar surface area (TPSA) is 21.3 Å². The number of hydrogen-bond donors (Lipinski definition) is 1. The molecule has 2 nitrogen and oxygen atoms in total. The van der Waals surface area contributed by atoms with E-state index in [0.717, 1.165) is 25.3 Å². The second kappa shape index (κ2) is 5.17. The van der Waals surface area contributed by atoms with Crippen LogP contribution in [0.4, 0.5) is 0 Å². The van der Waals surface area contributed by atoms with Gasteiger partial charge in [-0.25, -0.2) is 0 Å². The van der Waals surface area contributed by atoms with Gasteiger partial charge in [-0.2, -0.15) is 0 Å². The molecule has 15 heavy (non-hydrogen) atoms. The fraction of sp³-hybridized carbons (Fsp3) is 0.538. The predicted octanol–water partition coefficient (Wildman–Crippen LogP) is 2.38. The second-order valence-corrected chi connectivity index (χ2v) is 4.06. The molecule has 1 aromatic rings. The molecule has 0 spiro atoms. The zero-order valence-electron chi connectivity index (χ0n) is 9.33. The zero-order chi connectivity index (χ0) is 10.5. The Balaban J connectivity index is 1.80. The maximum absolute atomic E-state index is 5.69. The Hall–Kier alpha value is -1.02. The third-order valence-corrected chi connectivity index (χ3v) is 2.59. The third-order valence-electron chi connectivity index (χ3n) is 2.59. The summed E-state index contributed by atoms with van der Waals surface area (Å²) in [7, 11) is 0. The van der Waals surface area contributed by atoms with Crippen LogP contribution in [0, 0.1) is 0 Å². The van der Waals surface area contributed by atoms with Crippen LogP contribution in [0.5, 0.6) is 5.75 Å². The van der Waals surface area contributed by atoms with Crippen LogP contribution < -0.4 is 10.1 Å². The number of nitrogens with one attached hydrogen (secondary N) is 1. The van der Waals surface area contributed by atoms with E-state index in [-0.39, 0.29) is 0 Å². The van der Waals surface area contributed by atoms with Gasteiger partial charge in [0.25, 0.3) is 0 Å². The van der Waals surface area contributed by atoms with Gasteiger partial charge >= 0.3 is 0 Å². The first-order valence-electron chi connectivity index (χ1n) is 5.85. The minimum atomic E-state index is 0.498. The minimum absolute atomic E-state index is 0.498. The van der Waals surface area contributed by atoms with Crippen molar-refractivity contribution in [3.05, 3.63) is 29.8 Å². The van der Waals surface area contributed by atoms with Crippen LogP contribution in [0.2, 0.25) is 0 Å². The number of rotatable bonds is 6. The fourth-order valence-corrected chi connectivity index (χ4v) is 1.52. The molecule has 1 saturated carbocycles. The standard InChI is InChI=1S/C13H19NO/c1-2-14-10-9-11-3-5-12(6-4-11)15-13-7-8-13/h3-6,13-14H,2,7-10H2,1H3. The van der Waals surface area contributed by atoms with Gasteiger partial charge in [-0.15, -0.1) is 0 Å². The molecule has 2 rings (SSSR count). The summed E-state index contributed by atoms with van der Waals surface area (Å²) in [6.07, 6.45) is 4.04. The molecule has 0 radical (unpaired) electrons. The van der Waals surface area contributed by atoms with Gasteiger partial charge in [-0.05, 0) is 50.0 Å². The van der Waals surface area contributed by atoms with E-state index in [0.29, 0.717) is 6.10 Å². The molecule has 0 unspecified atom stereocenters. The zero-order valence-corrected chi connectivity index (χ0v) is 9.33. The second-order valence-electron chi connectivity index (χ2n) is 4.06. The van der Waals surface area contributed by atoms with Gasteiger partial charge in [-0.1, -0.05) is 19.1 Å². The van der Waals surface area contributed by atoms with Crippen LogP contribution in [0.25, 0.3) is 0 Å². The van der Waals surface area contributed by atoms with E-state index in [9.17, 15) is 0 Å². The van der Waals surface area contributed by atoms with Crippen molar-refractivity contribution in [2.24, 2.45) is 0 Å². The monoisotopic (exact) mass is 205 g/mol. The van der Waals surface area contributed by atoms with Crippen molar-refractivity contribution < 1.29 is 4.74 Å². The highest BCUT2D eigenvalue weighted by Crippen LogP contribution is 2.26. The Bertz CT molecular complexity index is 290. The van der Waals surface area contributed by atoms with Gasteiger partial charge in [0.15, 0.2) is 0 Å². The van der Waals surface area contributed by atoms with E-state index in [1.807, 2.05) is 0 Å². The van der Waals surface area contributed by atoms with Gasteiger partial charge in [0.2, 0.25) is 0 Å². The lowest BCUT2D eigenvalue weighted by molar-refractivity contribution is 0.303. The van der Waals surface area contributed by atoms with Crippen molar-refractivity contribution in [1.82, 2.24) is 5.32 Å². The van der Waals surface area contributed by atoms with Gasteiger partial charge in [-0.3, -0.25) is 0 Å². The van der Waals surface area contributed by atoms with E-state index in [1.54, 1.807) is 0 Å². The molecule has 1 aromatic carbocycles. The van der Waals surface area contributed by atoms with Crippen molar-refractivity contribution in [2.75, 3.05) is 13.1 Å². The van der Waals surface area contributed by atoms with Crippen LogP contribution in [-0.2, 0) is 6.42 Å².